The normalized spacial score (nSPS) is 10.7. The van der Waals surface area contributed by atoms with Crippen LogP contribution in [0.3, 0.4) is 0 Å². The Morgan fingerprint density at radius 2 is 1.79 bits per heavy atom. The first-order valence-electron chi connectivity index (χ1n) is 6.95. The number of unbranched alkanes of at least 4 members (excludes halogenated alkanes) is 1. The van der Waals surface area contributed by atoms with Crippen molar-refractivity contribution in [1.82, 2.24) is 9.13 Å². The van der Waals surface area contributed by atoms with Crippen LogP contribution in [0.1, 0.15) is 40.0 Å². The first kappa shape index (κ1) is 15.3. The van der Waals surface area contributed by atoms with Gasteiger partial charge in [-0.25, -0.2) is 4.79 Å². The van der Waals surface area contributed by atoms with Gasteiger partial charge in [0.2, 0.25) is 0 Å². The Labute approximate surface area is 113 Å². The van der Waals surface area contributed by atoms with Crippen molar-refractivity contribution in [2.75, 3.05) is 17.6 Å². The maximum absolute atomic E-state index is 12.2. The molecule has 19 heavy (non-hydrogen) atoms. The monoisotopic (exact) mass is 268 g/mol. The van der Waals surface area contributed by atoms with E-state index in [1.807, 2.05) is 6.92 Å². The zero-order valence-corrected chi connectivity index (χ0v) is 12.0. The Morgan fingerprint density at radius 3 is 2.32 bits per heavy atom. The van der Waals surface area contributed by atoms with E-state index in [-0.39, 0.29) is 17.1 Å². The molecule has 0 spiro atoms. The van der Waals surface area contributed by atoms with E-state index in [4.69, 9.17) is 5.73 Å². The topological polar surface area (TPSA) is 82.0 Å². The van der Waals surface area contributed by atoms with Crippen molar-refractivity contribution in [2.45, 2.75) is 53.1 Å². The van der Waals surface area contributed by atoms with E-state index in [2.05, 4.69) is 12.2 Å². The molecule has 108 valence electrons. The minimum Gasteiger partial charge on any atom is -0.383 e. The number of nitrogens with two attached hydrogens (primary N) is 1. The number of hydrogen-bond acceptors (Lipinski definition) is 4. The summed E-state index contributed by atoms with van der Waals surface area (Å²) in [5, 5.41) is 3.06. The van der Waals surface area contributed by atoms with Crippen molar-refractivity contribution in [3.63, 3.8) is 0 Å². The fraction of sp³-hybridized carbons (Fsp3) is 0.692. The second-order valence-electron chi connectivity index (χ2n) is 4.52. The molecule has 0 saturated carbocycles. The van der Waals surface area contributed by atoms with Gasteiger partial charge in [0.1, 0.15) is 11.5 Å². The van der Waals surface area contributed by atoms with Gasteiger partial charge in [0, 0.05) is 19.6 Å². The predicted octanol–water partition coefficient (Wildman–Crippen LogP) is 1.23. The second-order valence-corrected chi connectivity index (χ2v) is 4.52. The molecule has 0 atom stereocenters. The minimum absolute atomic E-state index is 0.248. The average molecular weight is 268 g/mol. The Bertz CT molecular complexity index is 531. The summed E-state index contributed by atoms with van der Waals surface area (Å²) in [6, 6.07) is 0. The lowest BCUT2D eigenvalue weighted by Crippen LogP contribution is -2.42. The molecule has 6 nitrogen and oxygen atoms in total. The third-order valence-corrected chi connectivity index (χ3v) is 3.06. The van der Waals surface area contributed by atoms with Gasteiger partial charge in [-0.2, -0.15) is 0 Å². The molecule has 0 amide bonds. The molecule has 6 heteroatoms. The SMILES string of the molecule is CCCCNc1c(N)n(CCC)c(=O)n(CC)c1=O. The van der Waals surface area contributed by atoms with Gasteiger partial charge in [0.05, 0.1) is 0 Å². The molecular weight excluding hydrogens is 244 g/mol. The van der Waals surface area contributed by atoms with Crippen LogP contribution in [0.2, 0.25) is 0 Å². The van der Waals surface area contributed by atoms with Crippen LogP contribution < -0.4 is 22.3 Å². The zero-order valence-electron chi connectivity index (χ0n) is 12.0. The summed E-state index contributed by atoms with van der Waals surface area (Å²) in [5.74, 6) is 0.248. The molecule has 0 bridgehead atoms. The molecule has 0 aliphatic heterocycles. The van der Waals surface area contributed by atoms with Crippen LogP contribution >= 0.6 is 0 Å². The number of rotatable bonds is 7. The number of nitrogens with zero attached hydrogens (tertiary/aromatic N) is 2. The number of nitrogens with one attached hydrogen (secondary N) is 1. The molecule has 0 aliphatic rings. The molecule has 0 unspecified atom stereocenters. The first-order valence-corrected chi connectivity index (χ1v) is 6.95. The highest BCUT2D eigenvalue weighted by Crippen LogP contribution is 2.11. The number of hydrogen-bond donors (Lipinski definition) is 2. The van der Waals surface area contributed by atoms with E-state index in [0.29, 0.717) is 25.3 Å². The van der Waals surface area contributed by atoms with Crippen molar-refractivity contribution in [3.8, 4) is 0 Å². The van der Waals surface area contributed by atoms with E-state index in [0.717, 1.165) is 19.3 Å². The minimum atomic E-state index is -0.326. The molecule has 3 N–H and O–H groups in total. The molecule has 0 fully saturated rings. The van der Waals surface area contributed by atoms with E-state index in [9.17, 15) is 9.59 Å². The molecule has 1 aromatic rings. The predicted molar refractivity (Wildman–Crippen MR) is 78.7 cm³/mol. The Kier molecular flexibility index (Phi) is 5.66. The van der Waals surface area contributed by atoms with Crippen molar-refractivity contribution >= 4 is 11.5 Å². The number of nitrogen functional groups attached to an aromatic ring is 1. The lowest BCUT2D eigenvalue weighted by Gasteiger charge is -2.16. The second kappa shape index (κ2) is 7.01. The summed E-state index contributed by atoms with van der Waals surface area (Å²) in [5.41, 5.74) is 5.66. The number of anilines is 2. The van der Waals surface area contributed by atoms with Crippen LogP contribution in [-0.2, 0) is 13.1 Å². The summed E-state index contributed by atoms with van der Waals surface area (Å²) < 4.78 is 2.69. The summed E-state index contributed by atoms with van der Waals surface area (Å²) >= 11 is 0. The van der Waals surface area contributed by atoms with Crippen LogP contribution in [-0.4, -0.2) is 15.7 Å². The van der Waals surface area contributed by atoms with E-state index in [1.165, 1.54) is 9.13 Å². The van der Waals surface area contributed by atoms with Crippen LogP contribution in [0, 0.1) is 0 Å². The average Bonchev–Trinajstić information content (AvgIpc) is 2.39. The van der Waals surface area contributed by atoms with Gasteiger partial charge < -0.3 is 11.1 Å². The van der Waals surface area contributed by atoms with Crippen molar-refractivity contribution in [1.29, 1.82) is 0 Å². The lowest BCUT2D eigenvalue weighted by atomic mass is 10.3. The third kappa shape index (κ3) is 3.19. The van der Waals surface area contributed by atoms with Crippen LogP contribution in [0.5, 0.6) is 0 Å². The standard InChI is InChI=1S/C13H24N4O2/c1-4-7-8-15-10-11(14)17(9-5-2)13(19)16(6-3)12(10)18/h15H,4-9,14H2,1-3H3. The zero-order chi connectivity index (χ0) is 14.4. The van der Waals surface area contributed by atoms with Crippen molar-refractivity contribution in [3.05, 3.63) is 20.8 Å². The first-order chi connectivity index (χ1) is 9.08. The van der Waals surface area contributed by atoms with Gasteiger partial charge in [-0.3, -0.25) is 13.9 Å². The maximum atomic E-state index is 12.2. The number of aromatic nitrogens is 2. The summed E-state index contributed by atoms with van der Waals surface area (Å²) in [6.07, 6.45) is 2.78. The lowest BCUT2D eigenvalue weighted by molar-refractivity contribution is 0.570. The molecule has 0 saturated heterocycles. The largest absolute Gasteiger partial charge is 0.383 e. The van der Waals surface area contributed by atoms with E-state index >= 15 is 0 Å². The molecule has 1 heterocycles. The van der Waals surface area contributed by atoms with Gasteiger partial charge in [-0.15, -0.1) is 0 Å². The van der Waals surface area contributed by atoms with E-state index < -0.39 is 0 Å². The third-order valence-electron chi connectivity index (χ3n) is 3.06. The highest BCUT2D eigenvalue weighted by molar-refractivity contribution is 5.60. The van der Waals surface area contributed by atoms with Crippen LogP contribution in [0.25, 0.3) is 0 Å². The molecule has 0 aliphatic carbocycles. The Hall–Kier alpha value is -1.72. The molecule has 0 aromatic carbocycles. The Morgan fingerprint density at radius 1 is 1.11 bits per heavy atom. The highest BCUT2D eigenvalue weighted by atomic mass is 16.2. The van der Waals surface area contributed by atoms with Gasteiger partial charge in [0.15, 0.2) is 0 Å². The fourth-order valence-corrected chi connectivity index (χ4v) is 1.99. The molecule has 1 rings (SSSR count). The maximum Gasteiger partial charge on any atom is 0.332 e. The highest BCUT2D eigenvalue weighted by Gasteiger charge is 2.15. The van der Waals surface area contributed by atoms with Crippen LogP contribution in [0.15, 0.2) is 9.59 Å². The molecular formula is C13H24N4O2. The Balaban J connectivity index is 3.32. The van der Waals surface area contributed by atoms with Crippen molar-refractivity contribution < 1.29 is 0 Å². The summed E-state index contributed by atoms with van der Waals surface area (Å²) in [6.45, 7) is 7.39. The quantitative estimate of drug-likeness (QED) is 0.729. The van der Waals surface area contributed by atoms with Gasteiger partial charge >= 0.3 is 5.69 Å². The fourth-order valence-electron chi connectivity index (χ4n) is 1.99. The van der Waals surface area contributed by atoms with Crippen LogP contribution in [0.4, 0.5) is 11.5 Å². The smallest absolute Gasteiger partial charge is 0.332 e. The van der Waals surface area contributed by atoms with E-state index in [1.54, 1.807) is 6.92 Å². The van der Waals surface area contributed by atoms with Gasteiger partial charge in [-0.1, -0.05) is 20.3 Å². The molecule has 1 aromatic heterocycles. The summed E-state index contributed by atoms with van der Waals surface area (Å²) in [4.78, 5) is 24.3. The van der Waals surface area contributed by atoms with Gasteiger partial charge in [0.25, 0.3) is 5.56 Å². The molecule has 0 radical (unpaired) electrons. The van der Waals surface area contributed by atoms with Gasteiger partial charge in [-0.05, 0) is 19.8 Å². The van der Waals surface area contributed by atoms with Crippen molar-refractivity contribution in [2.24, 2.45) is 0 Å². The summed E-state index contributed by atoms with van der Waals surface area (Å²) in [7, 11) is 0.